The number of aliphatic carboxylic acids is 1. The zero-order chi connectivity index (χ0) is 28.8. The number of hydrogen-bond acceptors (Lipinski definition) is 7. The summed E-state index contributed by atoms with van der Waals surface area (Å²) in [7, 11) is 1.65. The molecule has 220 valence electrons. The van der Waals surface area contributed by atoms with Gasteiger partial charge in [-0.2, -0.15) is 0 Å². The van der Waals surface area contributed by atoms with Gasteiger partial charge in [-0.25, -0.2) is 4.79 Å². The van der Waals surface area contributed by atoms with Crippen molar-refractivity contribution in [2.24, 2.45) is 11.7 Å². The van der Waals surface area contributed by atoms with Crippen LogP contribution in [0, 0.1) is 5.92 Å². The Morgan fingerprint density at radius 1 is 1.18 bits per heavy atom. The molecule has 3 aliphatic rings. The quantitative estimate of drug-likeness (QED) is 0.374. The van der Waals surface area contributed by atoms with Crippen molar-refractivity contribution in [3.63, 3.8) is 0 Å². The second kappa shape index (κ2) is 13.5. The number of imide groups is 1. The van der Waals surface area contributed by atoms with Crippen molar-refractivity contribution in [1.29, 1.82) is 0 Å². The Hall–Kier alpha value is -3.18. The average Bonchev–Trinajstić information content (AvgIpc) is 3.55. The molecule has 1 aromatic rings. The third-order valence-corrected chi connectivity index (χ3v) is 8.45. The van der Waals surface area contributed by atoms with Crippen molar-refractivity contribution in [2.75, 3.05) is 59.5 Å². The molecule has 1 aromatic carbocycles. The van der Waals surface area contributed by atoms with E-state index in [0.29, 0.717) is 45.8 Å². The van der Waals surface area contributed by atoms with E-state index in [1.165, 1.54) is 9.80 Å². The molecule has 4 amide bonds. The minimum Gasteiger partial charge on any atom is -0.493 e. The van der Waals surface area contributed by atoms with Gasteiger partial charge < -0.3 is 25.4 Å². The number of rotatable bonds is 13. The van der Waals surface area contributed by atoms with Crippen molar-refractivity contribution in [1.82, 2.24) is 19.6 Å². The lowest BCUT2D eigenvalue weighted by Crippen LogP contribution is -2.52. The maximum Gasteiger partial charge on any atom is 0.326 e. The first-order chi connectivity index (χ1) is 19.2. The van der Waals surface area contributed by atoms with Gasteiger partial charge in [-0.3, -0.25) is 24.2 Å². The first kappa shape index (κ1) is 29.8. The lowest BCUT2D eigenvalue weighted by molar-refractivity contribution is -0.144. The van der Waals surface area contributed by atoms with Crippen LogP contribution in [0.2, 0.25) is 0 Å². The average molecular weight is 558 g/mol. The van der Waals surface area contributed by atoms with E-state index in [4.69, 9.17) is 10.5 Å². The van der Waals surface area contributed by atoms with Gasteiger partial charge in [-0.05, 0) is 43.0 Å². The Balaban J connectivity index is 1.60. The van der Waals surface area contributed by atoms with E-state index in [2.05, 4.69) is 6.92 Å². The molecule has 40 heavy (non-hydrogen) atoms. The first-order valence-corrected chi connectivity index (χ1v) is 14.5. The van der Waals surface area contributed by atoms with Crippen molar-refractivity contribution < 1.29 is 29.0 Å². The molecule has 1 unspecified atom stereocenters. The van der Waals surface area contributed by atoms with Gasteiger partial charge in [0, 0.05) is 64.6 Å². The summed E-state index contributed by atoms with van der Waals surface area (Å²) >= 11 is 0. The fourth-order valence-electron chi connectivity index (χ4n) is 6.18. The van der Waals surface area contributed by atoms with Gasteiger partial charge in [0.05, 0.1) is 19.1 Å². The topological polar surface area (TPSA) is 137 Å². The summed E-state index contributed by atoms with van der Waals surface area (Å²) in [6.45, 7) is 5.32. The number of nitrogens with two attached hydrogens (primary N) is 1. The second-order valence-electron chi connectivity index (χ2n) is 11.1. The summed E-state index contributed by atoms with van der Waals surface area (Å²) < 4.78 is 5.65. The summed E-state index contributed by atoms with van der Waals surface area (Å²) in [5.74, 6) is -1.56. The Morgan fingerprint density at radius 2 is 1.95 bits per heavy atom. The molecule has 3 atom stereocenters. The number of ether oxygens (including phenoxy) is 1. The summed E-state index contributed by atoms with van der Waals surface area (Å²) in [5.41, 5.74) is 7.69. The number of unbranched alkanes of at least 4 members (excludes halogenated alkanes) is 1. The summed E-state index contributed by atoms with van der Waals surface area (Å²) in [6.07, 6.45) is 3.83. The molecular formula is C29H43N5O6. The smallest absolute Gasteiger partial charge is 0.326 e. The zero-order valence-electron chi connectivity index (χ0n) is 23.7. The molecule has 4 rings (SSSR count). The number of carboxylic acid groups (broad SMARTS) is 1. The number of amides is 4. The van der Waals surface area contributed by atoms with Crippen LogP contribution < -0.4 is 10.5 Å². The number of likely N-dealkylation sites (tertiary alicyclic amines) is 1. The largest absolute Gasteiger partial charge is 0.493 e. The van der Waals surface area contributed by atoms with E-state index in [1.807, 2.05) is 28.0 Å². The fraction of sp³-hybridized carbons (Fsp3) is 0.655. The second-order valence-corrected chi connectivity index (χ2v) is 11.1. The lowest BCUT2D eigenvalue weighted by Gasteiger charge is -2.34. The van der Waals surface area contributed by atoms with E-state index in [-0.39, 0.29) is 49.7 Å². The lowest BCUT2D eigenvalue weighted by atomic mass is 9.83. The van der Waals surface area contributed by atoms with Gasteiger partial charge in [0.1, 0.15) is 5.75 Å². The molecule has 0 saturated carbocycles. The van der Waals surface area contributed by atoms with Crippen molar-refractivity contribution >= 4 is 23.8 Å². The molecule has 11 nitrogen and oxygen atoms in total. The minimum atomic E-state index is -0.943. The molecule has 11 heteroatoms. The maximum atomic E-state index is 13.5. The standard InChI is InChI=1S/C29H43N5O6/c1-3-4-12-32(13-5-11-30)26(36)19-33-18-22(20-6-7-24-21(17-20)10-16-40-24)27(28(37)38)23(33)8-15-34-25(35)9-14-31(2)29(34)39/h6-7,17,22-23,27H,3-5,8-16,18-19,30H2,1-2H3,(H,37,38)/t22-,23+,27?/m1/s1. The van der Waals surface area contributed by atoms with Crippen LogP contribution in [0.25, 0.3) is 0 Å². The van der Waals surface area contributed by atoms with Gasteiger partial charge in [0.2, 0.25) is 11.8 Å². The molecule has 0 radical (unpaired) electrons. The SMILES string of the molecule is CCCCN(CCCN)C(=O)CN1C[C@H](c2ccc3c(c2)CCO3)C(C(=O)O)[C@@H]1CCN1C(=O)CCN(C)C1=O. The first-order valence-electron chi connectivity index (χ1n) is 14.5. The van der Waals surface area contributed by atoms with Crippen LogP contribution in [-0.4, -0.2) is 114 Å². The van der Waals surface area contributed by atoms with Gasteiger partial charge in [-0.1, -0.05) is 25.5 Å². The Bertz CT molecular complexity index is 1090. The molecule has 3 aliphatic heterocycles. The van der Waals surface area contributed by atoms with E-state index < -0.39 is 17.9 Å². The number of nitrogens with zero attached hydrogens (tertiary/aromatic N) is 4. The van der Waals surface area contributed by atoms with Gasteiger partial charge in [0.15, 0.2) is 0 Å². The summed E-state index contributed by atoms with van der Waals surface area (Å²) in [6, 6.07) is 4.97. The fourth-order valence-corrected chi connectivity index (χ4v) is 6.18. The zero-order valence-corrected chi connectivity index (χ0v) is 23.7. The van der Waals surface area contributed by atoms with Crippen LogP contribution >= 0.6 is 0 Å². The van der Waals surface area contributed by atoms with Crippen LogP contribution in [0.4, 0.5) is 4.79 Å². The van der Waals surface area contributed by atoms with Crippen LogP contribution in [0.3, 0.4) is 0 Å². The van der Waals surface area contributed by atoms with Gasteiger partial charge in [0.25, 0.3) is 0 Å². The normalized spacial score (nSPS) is 22.9. The molecule has 2 saturated heterocycles. The number of benzene rings is 1. The van der Waals surface area contributed by atoms with Crippen LogP contribution in [0.5, 0.6) is 5.75 Å². The monoisotopic (exact) mass is 557 g/mol. The van der Waals surface area contributed by atoms with Crippen LogP contribution in [0.15, 0.2) is 18.2 Å². The molecular weight excluding hydrogens is 514 g/mol. The Kier molecular flexibility index (Phi) is 10.0. The summed E-state index contributed by atoms with van der Waals surface area (Å²) in [5, 5.41) is 10.5. The minimum absolute atomic E-state index is 0.0519. The number of hydrogen-bond donors (Lipinski definition) is 2. The molecule has 0 aromatic heterocycles. The molecule has 2 fully saturated rings. The Morgan fingerprint density at radius 3 is 2.67 bits per heavy atom. The Labute approximate surface area is 236 Å². The highest BCUT2D eigenvalue weighted by atomic mass is 16.5. The highest BCUT2D eigenvalue weighted by Gasteiger charge is 2.48. The van der Waals surface area contributed by atoms with Crippen LogP contribution in [-0.2, 0) is 20.8 Å². The van der Waals surface area contributed by atoms with E-state index in [1.54, 1.807) is 7.05 Å². The van der Waals surface area contributed by atoms with E-state index >= 15 is 0 Å². The molecule has 0 spiro atoms. The third-order valence-electron chi connectivity index (χ3n) is 8.45. The van der Waals surface area contributed by atoms with Crippen molar-refractivity contribution in [2.45, 2.75) is 57.4 Å². The predicted molar refractivity (Wildman–Crippen MR) is 149 cm³/mol. The van der Waals surface area contributed by atoms with Crippen LogP contribution in [0.1, 0.15) is 56.1 Å². The number of carbonyl (C=O) groups excluding carboxylic acids is 3. The molecule has 0 bridgehead atoms. The molecule has 3 N–H and O–H groups in total. The summed E-state index contributed by atoms with van der Waals surface area (Å²) in [4.78, 5) is 58.1. The predicted octanol–water partition coefficient (Wildman–Crippen LogP) is 1.74. The molecule has 3 heterocycles. The number of fused-ring (bicyclic) bond motifs is 1. The van der Waals surface area contributed by atoms with Gasteiger partial charge >= 0.3 is 12.0 Å². The number of urea groups is 1. The van der Waals surface area contributed by atoms with E-state index in [0.717, 1.165) is 36.1 Å². The highest BCUT2D eigenvalue weighted by molar-refractivity contribution is 5.96. The van der Waals surface area contributed by atoms with Crippen molar-refractivity contribution in [3.05, 3.63) is 29.3 Å². The van der Waals surface area contributed by atoms with Gasteiger partial charge in [-0.15, -0.1) is 0 Å². The van der Waals surface area contributed by atoms with E-state index in [9.17, 15) is 24.3 Å². The maximum absolute atomic E-state index is 13.5. The molecule has 0 aliphatic carbocycles. The third kappa shape index (κ3) is 6.58. The highest BCUT2D eigenvalue weighted by Crippen LogP contribution is 2.41. The number of carboxylic acids is 1. The van der Waals surface area contributed by atoms with Crippen molar-refractivity contribution in [3.8, 4) is 5.75 Å². The number of carbonyl (C=O) groups is 4.